The smallest absolute Gasteiger partial charge is 0.363 e. The monoisotopic (exact) mass is 381 g/mol. The number of methoxy groups -OCH3 is 3. The summed E-state index contributed by atoms with van der Waals surface area (Å²) in [6.45, 7) is 2.07. The largest absolute Gasteiger partial charge is 0.496 e. The normalized spacial score (nSPS) is 14.6. The summed E-state index contributed by atoms with van der Waals surface area (Å²) in [5.74, 6) is 1.80. The van der Waals surface area contributed by atoms with E-state index < -0.39 is 5.97 Å². The van der Waals surface area contributed by atoms with Crippen LogP contribution in [-0.2, 0) is 22.4 Å². The second-order valence-corrected chi connectivity index (χ2v) is 6.22. The lowest BCUT2D eigenvalue weighted by Crippen LogP contribution is -2.07. The molecule has 2 aromatic rings. The lowest BCUT2D eigenvalue weighted by atomic mass is 10.1. The second-order valence-electron chi connectivity index (χ2n) is 6.22. The zero-order valence-electron chi connectivity index (χ0n) is 16.4. The number of rotatable bonds is 7. The summed E-state index contributed by atoms with van der Waals surface area (Å²) in [6.07, 6.45) is 2.95. The number of hydrogen-bond acceptors (Lipinski definition) is 6. The third kappa shape index (κ3) is 4.17. The SMILES string of the molecule is CCc1ccc(OC)c(/C=C2/N=C(Cc3ccc(OC)c(OC)c3)OC2=O)c1. The summed E-state index contributed by atoms with van der Waals surface area (Å²) >= 11 is 0. The van der Waals surface area contributed by atoms with Gasteiger partial charge in [0, 0.05) is 12.0 Å². The minimum Gasteiger partial charge on any atom is -0.496 e. The van der Waals surface area contributed by atoms with Crippen molar-refractivity contribution in [1.82, 2.24) is 0 Å². The van der Waals surface area contributed by atoms with Crippen molar-refractivity contribution in [3.05, 3.63) is 58.8 Å². The van der Waals surface area contributed by atoms with Crippen LogP contribution >= 0.6 is 0 Å². The molecule has 0 saturated heterocycles. The molecule has 28 heavy (non-hydrogen) atoms. The zero-order valence-corrected chi connectivity index (χ0v) is 16.4. The predicted octanol–water partition coefficient (Wildman–Crippen LogP) is 3.81. The Hall–Kier alpha value is -3.28. The minimum absolute atomic E-state index is 0.252. The molecule has 6 heteroatoms. The van der Waals surface area contributed by atoms with Crippen molar-refractivity contribution < 1.29 is 23.7 Å². The van der Waals surface area contributed by atoms with E-state index in [1.165, 1.54) is 0 Å². The Morgan fingerprint density at radius 1 is 0.929 bits per heavy atom. The molecule has 0 aliphatic carbocycles. The fourth-order valence-electron chi connectivity index (χ4n) is 2.96. The quantitative estimate of drug-likeness (QED) is 0.539. The van der Waals surface area contributed by atoms with Crippen LogP contribution in [-0.4, -0.2) is 33.2 Å². The molecule has 2 aromatic carbocycles. The molecule has 0 saturated carbocycles. The second kappa shape index (κ2) is 8.61. The van der Waals surface area contributed by atoms with Gasteiger partial charge in [0.2, 0.25) is 5.90 Å². The van der Waals surface area contributed by atoms with Gasteiger partial charge in [-0.3, -0.25) is 0 Å². The first-order valence-corrected chi connectivity index (χ1v) is 8.97. The molecule has 6 nitrogen and oxygen atoms in total. The Labute approximate surface area is 164 Å². The van der Waals surface area contributed by atoms with Crippen LogP contribution in [0, 0.1) is 0 Å². The van der Waals surface area contributed by atoms with Crippen LogP contribution < -0.4 is 14.2 Å². The number of carbonyl (C=O) groups is 1. The molecule has 0 amide bonds. The van der Waals surface area contributed by atoms with Crippen LogP contribution in [0.2, 0.25) is 0 Å². The first-order valence-electron chi connectivity index (χ1n) is 8.97. The van der Waals surface area contributed by atoms with Gasteiger partial charge in [0.15, 0.2) is 17.2 Å². The number of aryl methyl sites for hydroxylation is 1. The molecule has 0 unspecified atom stereocenters. The van der Waals surface area contributed by atoms with Crippen molar-refractivity contribution in [2.75, 3.05) is 21.3 Å². The van der Waals surface area contributed by atoms with Crippen molar-refractivity contribution in [3.63, 3.8) is 0 Å². The summed E-state index contributed by atoms with van der Waals surface area (Å²) < 4.78 is 21.3. The molecular weight excluding hydrogens is 358 g/mol. The number of aliphatic imine (C=N–C) groups is 1. The fraction of sp³-hybridized carbons (Fsp3) is 0.273. The maximum Gasteiger partial charge on any atom is 0.363 e. The highest BCUT2D eigenvalue weighted by molar-refractivity contribution is 6.07. The molecule has 0 N–H and O–H groups in total. The summed E-state index contributed by atoms with van der Waals surface area (Å²) in [5.41, 5.74) is 3.09. The Balaban J connectivity index is 1.86. The van der Waals surface area contributed by atoms with Crippen LogP contribution in [0.5, 0.6) is 17.2 Å². The molecule has 0 radical (unpaired) electrons. The minimum atomic E-state index is -0.473. The topological polar surface area (TPSA) is 66.3 Å². The molecule has 0 spiro atoms. The van der Waals surface area contributed by atoms with E-state index in [1.807, 2.05) is 36.4 Å². The van der Waals surface area contributed by atoms with Gasteiger partial charge < -0.3 is 18.9 Å². The standard InChI is InChI=1S/C22H23NO5/c1-5-14-6-8-18(25-2)16(10-14)13-17-22(24)28-21(23-17)12-15-7-9-19(26-3)20(11-15)27-4/h6-11,13H,5,12H2,1-4H3/b17-13+. The number of benzene rings is 2. The number of cyclic esters (lactones) is 1. The molecule has 3 rings (SSSR count). The highest BCUT2D eigenvalue weighted by Gasteiger charge is 2.24. The van der Waals surface area contributed by atoms with E-state index in [-0.39, 0.29) is 5.70 Å². The van der Waals surface area contributed by atoms with E-state index in [4.69, 9.17) is 18.9 Å². The molecule has 1 aliphatic rings. The van der Waals surface area contributed by atoms with Crippen LogP contribution in [0.15, 0.2) is 47.1 Å². The molecule has 0 bridgehead atoms. The zero-order chi connectivity index (χ0) is 20.1. The molecule has 1 aliphatic heterocycles. The Kier molecular flexibility index (Phi) is 5.99. The summed E-state index contributed by atoms with van der Waals surface area (Å²) in [7, 11) is 4.76. The lowest BCUT2D eigenvalue weighted by Gasteiger charge is -2.09. The maximum atomic E-state index is 12.3. The van der Waals surface area contributed by atoms with Crippen LogP contribution in [0.25, 0.3) is 6.08 Å². The van der Waals surface area contributed by atoms with Crippen molar-refractivity contribution in [3.8, 4) is 17.2 Å². The van der Waals surface area contributed by atoms with Crippen molar-refractivity contribution in [2.24, 2.45) is 4.99 Å². The Morgan fingerprint density at radius 2 is 1.61 bits per heavy atom. The van der Waals surface area contributed by atoms with Crippen molar-refractivity contribution in [1.29, 1.82) is 0 Å². The van der Waals surface area contributed by atoms with E-state index in [2.05, 4.69) is 11.9 Å². The molecule has 0 atom stereocenters. The van der Waals surface area contributed by atoms with E-state index in [0.717, 1.165) is 23.1 Å². The molecule has 146 valence electrons. The lowest BCUT2D eigenvalue weighted by molar-refractivity contribution is -0.130. The first-order chi connectivity index (χ1) is 13.6. The van der Waals surface area contributed by atoms with Gasteiger partial charge in [-0.15, -0.1) is 0 Å². The number of carbonyl (C=O) groups excluding carboxylic acids is 1. The maximum absolute atomic E-state index is 12.3. The van der Waals surface area contributed by atoms with Gasteiger partial charge in [0.05, 0.1) is 21.3 Å². The molecule has 0 fully saturated rings. The summed E-state index contributed by atoms with van der Waals surface area (Å²) in [5, 5.41) is 0. The van der Waals surface area contributed by atoms with Crippen LogP contribution in [0.3, 0.4) is 0 Å². The van der Waals surface area contributed by atoms with E-state index >= 15 is 0 Å². The van der Waals surface area contributed by atoms with Crippen molar-refractivity contribution in [2.45, 2.75) is 19.8 Å². The van der Waals surface area contributed by atoms with E-state index in [1.54, 1.807) is 27.4 Å². The first kappa shape index (κ1) is 19.5. The average molecular weight is 381 g/mol. The molecular formula is C22H23NO5. The summed E-state index contributed by atoms with van der Waals surface area (Å²) in [4.78, 5) is 16.6. The van der Waals surface area contributed by atoms with Gasteiger partial charge in [0.1, 0.15) is 5.75 Å². The van der Waals surface area contributed by atoms with Crippen molar-refractivity contribution >= 4 is 17.9 Å². The number of nitrogens with zero attached hydrogens (tertiary/aromatic N) is 1. The average Bonchev–Trinajstić information content (AvgIpc) is 3.06. The highest BCUT2D eigenvalue weighted by Crippen LogP contribution is 2.29. The van der Waals surface area contributed by atoms with Gasteiger partial charge in [-0.1, -0.05) is 19.1 Å². The number of esters is 1. The number of hydrogen-bond donors (Lipinski definition) is 0. The van der Waals surface area contributed by atoms with E-state index in [9.17, 15) is 4.79 Å². The van der Waals surface area contributed by atoms with Gasteiger partial charge >= 0.3 is 5.97 Å². The van der Waals surface area contributed by atoms with Crippen LogP contribution in [0.1, 0.15) is 23.6 Å². The van der Waals surface area contributed by atoms with Gasteiger partial charge in [-0.2, -0.15) is 0 Å². The highest BCUT2D eigenvalue weighted by atomic mass is 16.6. The van der Waals surface area contributed by atoms with Crippen LogP contribution in [0.4, 0.5) is 0 Å². The number of ether oxygens (including phenoxy) is 4. The Morgan fingerprint density at radius 3 is 2.29 bits per heavy atom. The van der Waals surface area contributed by atoms with Gasteiger partial charge in [-0.05, 0) is 47.9 Å². The van der Waals surface area contributed by atoms with Gasteiger partial charge in [0.25, 0.3) is 0 Å². The third-order valence-electron chi connectivity index (χ3n) is 4.46. The molecule has 0 aromatic heterocycles. The fourth-order valence-corrected chi connectivity index (χ4v) is 2.96. The molecule has 1 heterocycles. The van der Waals surface area contributed by atoms with E-state index in [0.29, 0.717) is 29.6 Å². The summed E-state index contributed by atoms with van der Waals surface area (Å²) in [6, 6.07) is 11.4. The van der Waals surface area contributed by atoms with Gasteiger partial charge in [-0.25, -0.2) is 9.79 Å². The third-order valence-corrected chi connectivity index (χ3v) is 4.46. The predicted molar refractivity (Wildman–Crippen MR) is 107 cm³/mol. The Bertz CT molecular complexity index is 946.